The second-order valence-corrected chi connectivity index (χ2v) is 6.89. The van der Waals surface area contributed by atoms with E-state index in [2.05, 4.69) is 6.92 Å². The lowest BCUT2D eigenvalue weighted by molar-refractivity contribution is 0.199. The molecular weight excluding hydrogens is 262 g/mol. The van der Waals surface area contributed by atoms with Gasteiger partial charge in [0.2, 0.25) is 0 Å². The van der Waals surface area contributed by atoms with E-state index in [-0.39, 0.29) is 11.5 Å². The topological polar surface area (TPSA) is 69.4 Å². The van der Waals surface area contributed by atoms with Crippen molar-refractivity contribution in [3.8, 4) is 0 Å². The van der Waals surface area contributed by atoms with Gasteiger partial charge in [-0.25, -0.2) is 8.42 Å². The van der Waals surface area contributed by atoms with Crippen LogP contribution in [0.15, 0.2) is 24.3 Å². The van der Waals surface area contributed by atoms with Crippen LogP contribution in [0.25, 0.3) is 0 Å². The number of hydrogen-bond donors (Lipinski definition) is 1. The lowest BCUT2D eigenvalue weighted by Crippen LogP contribution is -2.24. The molecule has 0 aliphatic carbocycles. The molecule has 0 heterocycles. The number of nitrogens with two attached hydrogens (primary N) is 1. The van der Waals surface area contributed by atoms with Gasteiger partial charge in [-0.2, -0.15) is 0 Å². The van der Waals surface area contributed by atoms with Gasteiger partial charge in [0.1, 0.15) is 0 Å². The van der Waals surface area contributed by atoms with Crippen LogP contribution in [0, 0.1) is 0 Å². The predicted molar refractivity (Wildman–Crippen MR) is 77.9 cm³/mol. The van der Waals surface area contributed by atoms with Gasteiger partial charge in [-0.3, -0.25) is 0 Å². The van der Waals surface area contributed by atoms with Crippen LogP contribution in [0.5, 0.6) is 0 Å². The molecule has 2 N–H and O–H groups in total. The Morgan fingerprint density at radius 3 is 2.42 bits per heavy atom. The third-order valence-electron chi connectivity index (χ3n) is 3.05. The van der Waals surface area contributed by atoms with Gasteiger partial charge in [-0.05, 0) is 24.0 Å². The third kappa shape index (κ3) is 5.72. The minimum Gasteiger partial charge on any atom is -0.385 e. The summed E-state index contributed by atoms with van der Waals surface area (Å²) in [7, 11) is -1.56. The van der Waals surface area contributed by atoms with Crippen LogP contribution >= 0.6 is 0 Å². The van der Waals surface area contributed by atoms with Crippen LogP contribution in [-0.2, 0) is 21.0 Å². The predicted octanol–water partition coefficient (Wildman–Crippen LogP) is 1.70. The molecule has 5 heteroatoms. The molecule has 0 saturated carbocycles. The van der Waals surface area contributed by atoms with Gasteiger partial charge in [-0.15, -0.1) is 0 Å². The smallest absolute Gasteiger partial charge is 0.152 e. The van der Waals surface area contributed by atoms with Gasteiger partial charge in [0.15, 0.2) is 9.84 Å². The van der Waals surface area contributed by atoms with Crippen LogP contribution in [-0.4, -0.2) is 33.6 Å². The van der Waals surface area contributed by atoms with Gasteiger partial charge in [0.25, 0.3) is 0 Å². The summed E-state index contributed by atoms with van der Waals surface area (Å²) in [5, 5.41) is 0. The van der Waals surface area contributed by atoms with E-state index in [1.165, 1.54) is 5.56 Å². The first-order valence-electron chi connectivity index (χ1n) is 6.52. The molecule has 1 unspecified atom stereocenters. The molecule has 0 aromatic heterocycles. The molecule has 1 rings (SSSR count). The van der Waals surface area contributed by atoms with Crippen molar-refractivity contribution in [2.45, 2.75) is 25.8 Å². The highest BCUT2D eigenvalue weighted by atomic mass is 32.2. The number of rotatable bonds is 8. The summed E-state index contributed by atoms with van der Waals surface area (Å²) >= 11 is 0. The monoisotopic (exact) mass is 285 g/mol. The average molecular weight is 285 g/mol. The summed E-state index contributed by atoms with van der Waals surface area (Å²) in [5.41, 5.74) is 8.06. The number of aryl methyl sites for hydroxylation is 1. The van der Waals surface area contributed by atoms with Crippen molar-refractivity contribution in [2.75, 3.05) is 25.2 Å². The normalized spacial score (nSPS) is 13.4. The zero-order valence-electron chi connectivity index (χ0n) is 11.6. The molecule has 19 heavy (non-hydrogen) atoms. The Hall–Kier alpha value is -0.910. The molecule has 0 amide bonds. The van der Waals surface area contributed by atoms with E-state index in [0.29, 0.717) is 13.0 Å². The van der Waals surface area contributed by atoms with Crippen molar-refractivity contribution >= 4 is 9.84 Å². The second-order valence-electron chi connectivity index (χ2n) is 4.66. The van der Waals surface area contributed by atoms with Gasteiger partial charge in [0.05, 0.1) is 11.5 Å². The highest BCUT2D eigenvalue weighted by molar-refractivity contribution is 7.91. The highest BCUT2D eigenvalue weighted by Crippen LogP contribution is 2.14. The molecule has 0 saturated heterocycles. The Labute approximate surface area is 115 Å². The SMILES string of the molecule is CCc1ccc(C(N)CS(=O)(=O)CCCOC)cc1. The number of sulfone groups is 1. The van der Waals surface area contributed by atoms with Gasteiger partial charge < -0.3 is 10.5 Å². The zero-order valence-corrected chi connectivity index (χ0v) is 12.4. The molecule has 4 nitrogen and oxygen atoms in total. The van der Waals surface area contributed by atoms with Crippen LogP contribution < -0.4 is 5.73 Å². The molecule has 0 bridgehead atoms. The largest absolute Gasteiger partial charge is 0.385 e. The fraction of sp³-hybridized carbons (Fsp3) is 0.571. The van der Waals surface area contributed by atoms with E-state index in [9.17, 15) is 8.42 Å². The molecule has 1 aromatic rings. The fourth-order valence-corrected chi connectivity index (χ4v) is 3.34. The van der Waals surface area contributed by atoms with Crippen LogP contribution in [0.3, 0.4) is 0 Å². The molecule has 0 aliphatic rings. The van der Waals surface area contributed by atoms with Gasteiger partial charge in [-0.1, -0.05) is 31.2 Å². The summed E-state index contributed by atoms with van der Waals surface area (Å²) in [6.07, 6.45) is 1.48. The maximum Gasteiger partial charge on any atom is 0.152 e. The van der Waals surface area contributed by atoms with E-state index >= 15 is 0 Å². The lowest BCUT2D eigenvalue weighted by atomic mass is 10.1. The first kappa shape index (κ1) is 16.1. The molecule has 1 aromatic carbocycles. The summed E-state index contributed by atoms with van der Waals surface area (Å²) in [6.45, 7) is 2.54. The molecule has 1 atom stereocenters. The number of ether oxygens (including phenoxy) is 1. The minimum absolute atomic E-state index is 0.0117. The number of hydrogen-bond acceptors (Lipinski definition) is 4. The Morgan fingerprint density at radius 2 is 1.89 bits per heavy atom. The number of methoxy groups -OCH3 is 1. The van der Waals surface area contributed by atoms with E-state index < -0.39 is 15.9 Å². The Kier molecular flexibility index (Phi) is 6.48. The minimum atomic E-state index is -3.12. The number of benzene rings is 1. The molecule has 0 radical (unpaired) electrons. The van der Waals surface area contributed by atoms with E-state index in [0.717, 1.165) is 12.0 Å². The first-order chi connectivity index (χ1) is 8.98. The Bertz CT molecular complexity index is 468. The second kappa shape index (κ2) is 7.62. The molecule has 108 valence electrons. The van der Waals surface area contributed by atoms with Crippen molar-refractivity contribution in [3.63, 3.8) is 0 Å². The van der Waals surface area contributed by atoms with Crippen molar-refractivity contribution in [1.29, 1.82) is 0 Å². The highest BCUT2D eigenvalue weighted by Gasteiger charge is 2.17. The maximum atomic E-state index is 11.9. The quantitative estimate of drug-likeness (QED) is 0.738. The van der Waals surface area contributed by atoms with E-state index in [4.69, 9.17) is 10.5 Å². The Balaban J connectivity index is 2.59. The van der Waals surface area contributed by atoms with E-state index in [1.807, 2.05) is 24.3 Å². The first-order valence-corrected chi connectivity index (χ1v) is 8.34. The van der Waals surface area contributed by atoms with Crippen molar-refractivity contribution < 1.29 is 13.2 Å². The van der Waals surface area contributed by atoms with Crippen LogP contribution in [0.1, 0.15) is 30.5 Å². The molecular formula is C14H23NO3S. The molecule has 0 spiro atoms. The zero-order chi connectivity index (χ0) is 14.3. The summed E-state index contributed by atoms with van der Waals surface area (Å²) in [4.78, 5) is 0. The van der Waals surface area contributed by atoms with Crippen molar-refractivity contribution in [1.82, 2.24) is 0 Å². The van der Waals surface area contributed by atoms with Gasteiger partial charge in [0, 0.05) is 19.8 Å². The summed E-state index contributed by atoms with van der Waals surface area (Å²) in [6, 6.07) is 7.35. The standard InChI is InChI=1S/C14H23NO3S/c1-3-12-5-7-13(8-6-12)14(15)11-19(16,17)10-4-9-18-2/h5-8,14H,3-4,9-11,15H2,1-2H3. The van der Waals surface area contributed by atoms with Crippen molar-refractivity contribution in [2.24, 2.45) is 5.73 Å². The lowest BCUT2D eigenvalue weighted by Gasteiger charge is -2.13. The van der Waals surface area contributed by atoms with E-state index in [1.54, 1.807) is 7.11 Å². The molecule has 0 fully saturated rings. The fourth-order valence-electron chi connectivity index (χ4n) is 1.88. The maximum absolute atomic E-state index is 11.9. The third-order valence-corrected chi connectivity index (χ3v) is 4.83. The van der Waals surface area contributed by atoms with Crippen molar-refractivity contribution in [3.05, 3.63) is 35.4 Å². The van der Waals surface area contributed by atoms with Gasteiger partial charge >= 0.3 is 0 Å². The average Bonchev–Trinajstić information content (AvgIpc) is 2.38. The Morgan fingerprint density at radius 1 is 1.26 bits per heavy atom. The molecule has 0 aliphatic heterocycles. The van der Waals surface area contributed by atoms with Crippen LogP contribution in [0.4, 0.5) is 0 Å². The summed E-state index contributed by atoms with van der Waals surface area (Å²) < 4.78 is 28.6. The van der Waals surface area contributed by atoms with Crippen LogP contribution in [0.2, 0.25) is 0 Å². The summed E-state index contributed by atoms with van der Waals surface area (Å²) in [5.74, 6) is 0.115.